The van der Waals surface area contributed by atoms with E-state index in [9.17, 15) is 13.2 Å². The van der Waals surface area contributed by atoms with Gasteiger partial charge >= 0.3 is 0 Å². The minimum Gasteiger partial charge on any atom is -0.369 e. The molecule has 0 saturated heterocycles. The van der Waals surface area contributed by atoms with E-state index in [2.05, 4.69) is 0 Å². The van der Waals surface area contributed by atoms with Crippen LogP contribution in [0.3, 0.4) is 0 Å². The lowest BCUT2D eigenvalue weighted by Crippen LogP contribution is -2.40. The number of benzene rings is 1. The van der Waals surface area contributed by atoms with Crippen LogP contribution >= 0.6 is 11.6 Å². The second kappa shape index (κ2) is 7.22. The van der Waals surface area contributed by atoms with E-state index in [4.69, 9.17) is 23.1 Å². The highest BCUT2D eigenvalue weighted by molar-refractivity contribution is 7.89. The minimum atomic E-state index is -3.83. The molecule has 0 aliphatic carbocycles. The van der Waals surface area contributed by atoms with Gasteiger partial charge in [-0.25, -0.2) is 8.42 Å². The molecule has 1 amide bonds. The average molecular weight is 334 g/mol. The van der Waals surface area contributed by atoms with Crippen LogP contribution in [-0.4, -0.2) is 31.7 Å². The molecule has 0 heterocycles. The second-order valence-electron chi connectivity index (χ2n) is 5.12. The summed E-state index contributed by atoms with van der Waals surface area (Å²) in [6.45, 7) is 3.76. The molecule has 0 bridgehead atoms. The number of nitrogens with two attached hydrogens (primary N) is 2. The number of hydrogen-bond donors (Lipinski definition) is 2. The summed E-state index contributed by atoms with van der Waals surface area (Å²) < 4.78 is 26.2. The zero-order valence-electron chi connectivity index (χ0n) is 12.0. The summed E-state index contributed by atoms with van der Waals surface area (Å²) in [5.41, 5.74) is 11.3. The van der Waals surface area contributed by atoms with Gasteiger partial charge in [-0.1, -0.05) is 31.5 Å². The monoisotopic (exact) mass is 333 g/mol. The molecule has 0 spiro atoms. The van der Waals surface area contributed by atoms with Crippen LogP contribution in [0, 0.1) is 5.92 Å². The van der Waals surface area contributed by atoms with Gasteiger partial charge in [0.1, 0.15) is 0 Å². The molecule has 0 radical (unpaired) electrons. The van der Waals surface area contributed by atoms with E-state index in [0.29, 0.717) is 5.56 Å². The molecule has 8 heteroatoms. The molecule has 0 aromatic heterocycles. The van der Waals surface area contributed by atoms with Crippen molar-refractivity contribution >= 4 is 27.5 Å². The number of nitrogens with zero attached hydrogens (tertiary/aromatic N) is 1. The van der Waals surface area contributed by atoms with Crippen LogP contribution in [0.2, 0.25) is 5.02 Å². The van der Waals surface area contributed by atoms with Gasteiger partial charge in [0, 0.05) is 18.1 Å². The highest BCUT2D eigenvalue weighted by atomic mass is 35.5. The standard InChI is InChI=1S/C13H20ClN3O3S/c1-9(2)7-17(8-13(16)18)21(19,20)11-4-3-10(6-15)12(14)5-11/h3-5,9H,6-8,15H2,1-2H3,(H2,16,18). The van der Waals surface area contributed by atoms with E-state index in [1.54, 1.807) is 6.07 Å². The van der Waals surface area contributed by atoms with Gasteiger partial charge in [-0.2, -0.15) is 4.31 Å². The highest BCUT2D eigenvalue weighted by Crippen LogP contribution is 2.23. The lowest BCUT2D eigenvalue weighted by molar-refractivity contribution is -0.118. The van der Waals surface area contributed by atoms with Crippen LogP contribution in [0.1, 0.15) is 19.4 Å². The van der Waals surface area contributed by atoms with Gasteiger partial charge in [-0.15, -0.1) is 0 Å². The summed E-state index contributed by atoms with van der Waals surface area (Å²) in [6.07, 6.45) is 0. The Hall–Kier alpha value is -1.15. The van der Waals surface area contributed by atoms with E-state index in [1.807, 2.05) is 13.8 Å². The van der Waals surface area contributed by atoms with Crippen molar-refractivity contribution in [3.8, 4) is 0 Å². The fourth-order valence-corrected chi connectivity index (χ4v) is 3.75. The van der Waals surface area contributed by atoms with Crippen LogP contribution in [0.25, 0.3) is 0 Å². The number of carbonyl (C=O) groups excluding carboxylic acids is 1. The third kappa shape index (κ3) is 4.67. The van der Waals surface area contributed by atoms with Gasteiger partial charge in [0.25, 0.3) is 0 Å². The van der Waals surface area contributed by atoms with Crippen molar-refractivity contribution in [2.45, 2.75) is 25.3 Å². The van der Waals surface area contributed by atoms with Crippen LogP contribution in [0.5, 0.6) is 0 Å². The smallest absolute Gasteiger partial charge is 0.243 e. The number of primary amides is 1. The van der Waals surface area contributed by atoms with Crippen molar-refractivity contribution in [3.05, 3.63) is 28.8 Å². The fraction of sp³-hybridized carbons (Fsp3) is 0.462. The summed E-state index contributed by atoms with van der Waals surface area (Å²) in [4.78, 5) is 11.1. The van der Waals surface area contributed by atoms with Gasteiger partial charge in [-0.3, -0.25) is 4.79 Å². The topological polar surface area (TPSA) is 106 Å². The minimum absolute atomic E-state index is 0.0200. The summed E-state index contributed by atoms with van der Waals surface area (Å²) in [7, 11) is -3.83. The molecule has 0 saturated carbocycles. The number of sulfonamides is 1. The lowest BCUT2D eigenvalue weighted by atomic mass is 10.2. The number of amides is 1. The molecule has 21 heavy (non-hydrogen) atoms. The summed E-state index contributed by atoms with van der Waals surface area (Å²) in [5, 5.41) is 0.280. The van der Waals surface area contributed by atoms with Crippen LogP contribution in [-0.2, 0) is 21.4 Å². The molecule has 0 aliphatic rings. The Labute approximate surface area is 130 Å². The van der Waals surface area contributed by atoms with Gasteiger partial charge in [-0.05, 0) is 23.6 Å². The maximum absolute atomic E-state index is 12.6. The van der Waals surface area contributed by atoms with Gasteiger partial charge in [0.05, 0.1) is 11.4 Å². The Morgan fingerprint density at radius 1 is 1.38 bits per heavy atom. The molecule has 1 aromatic carbocycles. The summed E-state index contributed by atoms with van der Waals surface area (Å²) in [5.74, 6) is -0.651. The normalized spacial score (nSPS) is 12.1. The van der Waals surface area contributed by atoms with Crippen molar-refractivity contribution in [3.63, 3.8) is 0 Å². The van der Waals surface area contributed by atoms with E-state index < -0.39 is 15.9 Å². The Morgan fingerprint density at radius 2 is 2.00 bits per heavy atom. The molecule has 0 atom stereocenters. The third-order valence-electron chi connectivity index (χ3n) is 2.78. The largest absolute Gasteiger partial charge is 0.369 e. The Balaban J connectivity index is 3.21. The first-order valence-electron chi connectivity index (χ1n) is 6.45. The first-order chi connectivity index (χ1) is 9.68. The second-order valence-corrected chi connectivity index (χ2v) is 7.46. The molecule has 0 aliphatic heterocycles. The fourth-order valence-electron chi connectivity index (χ4n) is 1.83. The Bertz CT molecular complexity index is 617. The molecule has 1 rings (SSSR count). The predicted octanol–water partition coefficient (Wildman–Crippen LogP) is 0.931. The number of hydrogen-bond acceptors (Lipinski definition) is 4. The maximum Gasteiger partial charge on any atom is 0.243 e. The molecule has 6 nitrogen and oxygen atoms in total. The van der Waals surface area contributed by atoms with Crippen LogP contribution < -0.4 is 11.5 Å². The molecule has 1 aromatic rings. The summed E-state index contributed by atoms with van der Waals surface area (Å²) >= 11 is 6.00. The van der Waals surface area contributed by atoms with Crippen LogP contribution in [0.4, 0.5) is 0 Å². The summed E-state index contributed by atoms with van der Waals surface area (Å²) in [6, 6.07) is 4.33. The first-order valence-corrected chi connectivity index (χ1v) is 8.27. The molecular weight excluding hydrogens is 314 g/mol. The molecular formula is C13H20ClN3O3S. The number of rotatable bonds is 7. The number of halogens is 1. The molecule has 0 fully saturated rings. The predicted molar refractivity (Wildman–Crippen MR) is 82.1 cm³/mol. The Kier molecular flexibility index (Phi) is 6.15. The zero-order valence-corrected chi connectivity index (χ0v) is 13.6. The van der Waals surface area contributed by atoms with Crippen molar-refractivity contribution in [1.29, 1.82) is 0 Å². The number of carbonyl (C=O) groups is 1. The lowest BCUT2D eigenvalue weighted by Gasteiger charge is -2.22. The van der Waals surface area contributed by atoms with Gasteiger partial charge in [0.2, 0.25) is 15.9 Å². The van der Waals surface area contributed by atoms with E-state index in [-0.39, 0.29) is 35.5 Å². The van der Waals surface area contributed by atoms with E-state index in [0.717, 1.165) is 4.31 Å². The van der Waals surface area contributed by atoms with Crippen LogP contribution in [0.15, 0.2) is 23.1 Å². The van der Waals surface area contributed by atoms with E-state index >= 15 is 0 Å². The van der Waals surface area contributed by atoms with Crippen molar-refractivity contribution < 1.29 is 13.2 Å². The van der Waals surface area contributed by atoms with Crippen molar-refractivity contribution in [2.24, 2.45) is 17.4 Å². The molecule has 118 valence electrons. The third-order valence-corrected chi connectivity index (χ3v) is 4.94. The quantitative estimate of drug-likeness (QED) is 0.774. The van der Waals surface area contributed by atoms with Gasteiger partial charge < -0.3 is 11.5 Å². The Morgan fingerprint density at radius 3 is 2.43 bits per heavy atom. The molecule has 0 unspecified atom stereocenters. The first kappa shape index (κ1) is 17.9. The van der Waals surface area contributed by atoms with Crippen molar-refractivity contribution in [1.82, 2.24) is 4.31 Å². The zero-order chi connectivity index (χ0) is 16.2. The van der Waals surface area contributed by atoms with Gasteiger partial charge in [0.15, 0.2) is 0 Å². The SMILES string of the molecule is CC(C)CN(CC(N)=O)S(=O)(=O)c1ccc(CN)c(Cl)c1. The molecule has 4 N–H and O–H groups in total. The van der Waals surface area contributed by atoms with Crippen molar-refractivity contribution in [2.75, 3.05) is 13.1 Å². The maximum atomic E-state index is 12.6. The highest BCUT2D eigenvalue weighted by Gasteiger charge is 2.27. The van der Waals surface area contributed by atoms with E-state index in [1.165, 1.54) is 12.1 Å². The average Bonchev–Trinajstić information content (AvgIpc) is 2.36.